The summed E-state index contributed by atoms with van der Waals surface area (Å²) in [6.07, 6.45) is 4.54. The summed E-state index contributed by atoms with van der Waals surface area (Å²) in [6, 6.07) is 7.19. The second-order valence-corrected chi connectivity index (χ2v) is 11.0. The van der Waals surface area contributed by atoms with Crippen molar-refractivity contribution in [2.75, 3.05) is 17.7 Å². The summed E-state index contributed by atoms with van der Waals surface area (Å²) in [6.45, 7) is 3.75. The highest BCUT2D eigenvalue weighted by Gasteiger charge is 2.30. The van der Waals surface area contributed by atoms with Crippen molar-refractivity contribution < 1.29 is 27.2 Å². The Hall–Kier alpha value is -3.05. The van der Waals surface area contributed by atoms with Gasteiger partial charge in [-0.25, -0.2) is 13.2 Å². The molecule has 1 N–H and O–H groups in total. The molecule has 34 heavy (non-hydrogen) atoms. The summed E-state index contributed by atoms with van der Waals surface area (Å²) in [4.78, 5) is 26.4. The number of nitrogens with one attached hydrogen (secondary N) is 1. The molecule has 180 valence electrons. The fourth-order valence-electron chi connectivity index (χ4n) is 3.90. The molecule has 0 bridgehead atoms. The van der Waals surface area contributed by atoms with E-state index in [2.05, 4.69) is 15.5 Å². The van der Waals surface area contributed by atoms with E-state index in [0.29, 0.717) is 16.1 Å². The van der Waals surface area contributed by atoms with E-state index in [1.165, 1.54) is 11.3 Å². The molecule has 0 unspecified atom stereocenters. The lowest BCUT2D eigenvalue weighted by Crippen LogP contribution is -2.24. The largest absolute Gasteiger partial charge is 0.462 e. The maximum Gasteiger partial charge on any atom is 0.341 e. The van der Waals surface area contributed by atoms with E-state index in [0.717, 1.165) is 48.1 Å². The average molecular weight is 504 g/mol. The number of carbonyl (C=O) groups is 2. The summed E-state index contributed by atoms with van der Waals surface area (Å²) >= 11 is 1.30. The summed E-state index contributed by atoms with van der Waals surface area (Å²) in [5, 5.41) is 9.77. The van der Waals surface area contributed by atoms with Crippen LogP contribution in [0.2, 0.25) is 0 Å². The fourth-order valence-corrected chi connectivity index (χ4v) is 6.11. The van der Waals surface area contributed by atoms with Crippen LogP contribution in [0.25, 0.3) is 11.5 Å². The lowest BCUT2D eigenvalue weighted by Gasteiger charge is -2.08. The van der Waals surface area contributed by atoms with Crippen molar-refractivity contribution in [3.63, 3.8) is 0 Å². The van der Waals surface area contributed by atoms with Crippen LogP contribution in [0.5, 0.6) is 0 Å². The molecule has 0 spiro atoms. The number of hydrogen-bond donors (Lipinski definition) is 1. The minimum Gasteiger partial charge on any atom is -0.462 e. The van der Waals surface area contributed by atoms with E-state index >= 15 is 0 Å². The van der Waals surface area contributed by atoms with Gasteiger partial charge in [0.05, 0.1) is 12.2 Å². The highest BCUT2D eigenvalue weighted by Crippen LogP contribution is 2.38. The molecule has 0 atom stereocenters. The Morgan fingerprint density at radius 2 is 1.91 bits per heavy atom. The van der Waals surface area contributed by atoms with Gasteiger partial charge in [0.25, 0.3) is 0 Å². The first kappa shape index (κ1) is 24.1. The second kappa shape index (κ2) is 10.1. The van der Waals surface area contributed by atoms with E-state index < -0.39 is 32.7 Å². The van der Waals surface area contributed by atoms with Gasteiger partial charge >= 0.3 is 11.2 Å². The van der Waals surface area contributed by atoms with Crippen molar-refractivity contribution in [2.45, 2.75) is 51.2 Å². The lowest BCUT2D eigenvalue weighted by molar-refractivity contribution is -0.113. The van der Waals surface area contributed by atoms with Gasteiger partial charge in [-0.2, -0.15) is 0 Å². The number of thiophene rings is 1. The van der Waals surface area contributed by atoms with Gasteiger partial charge < -0.3 is 14.5 Å². The van der Waals surface area contributed by atoms with E-state index in [1.807, 2.05) is 19.1 Å². The topological polar surface area (TPSA) is 128 Å². The molecule has 3 aromatic rings. The average Bonchev–Trinajstić information content (AvgIpc) is 3.33. The quantitative estimate of drug-likeness (QED) is 0.379. The number of esters is 1. The number of amides is 1. The monoisotopic (exact) mass is 503 g/mol. The van der Waals surface area contributed by atoms with Gasteiger partial charge in [0.15, 0.2) is 0 Å². The number of aryl methyl sites for hydroxylation is 2. The molecule has 0 aliphatic heterocycles. The lowest BCUT2D eigenvalue weighted by atomic mass is 10.1. The van der Waals surface area contributed by atoms with Crippen molar-refractivity contribution in [3.05, 3.63) is 45.8 Å². The Kier molecular flexibility index (Phi) is 7.13. The van der Waals surface area contributed by atoms with Crippen molar-refractivity contribution in [3.8, 4) is 11.5 Å². The van der Waals surface area contributed by atoms with Crippen LogP contribution in [0.15, 0.2) is 33.9 Å². The van der Waals surface area contributed by atoms with Gasteiger partial charge in [0, 0.05) is 10.4 Å². The molecule has 0 radical (unpaired) electrons. The summed E-state index contributed by atoms with van der Waals surface area (Å²) in [5.74, 6) is -2.14. The predicted molar refractivity (Wildman–Crippen MR) is 127 cm³/mol. The zero-order valence-corrected chi connectivity index (χ0v) is 20.6. The Morgan fingerprint density at radius 1 is 1.15 bits per heavy atom. The van der Waals surface area contributed by atoms with E-state index in [-0.39, 0.29) is 12.5 Å². The number of sulfone groups is 1. The maximum atomic E-state index is 12.8. The third-order valence-corrected chi connectivity index (χ3v) is 8.07. The first-order chi connectivity index (χ1) is 16.3. The minimum atomic E-state index is -4.19. The third-order valence-electron chi connectivity index (χ3n) is 5.52. The third kappa shape index (κ3) is 5.05. The Balaban J connectivity index is 1.55. The van der Waals surface area contributed by atoms with Crippen LogP contribution in [-0.2, 0) is 32.2 Å². The van der Waals surface area contributed by atoms with Crippen LogP contribution >= 0.6 is 11.3 Å². The molecular weight excluding hydrogens is 478 g/mol. The second-order valence-electron chi connectivity index (χ2n) is 7.98. The smallest absolute Gasteiger partial charge is 0.341 e. The fraction of sp³-hybridized carbons (Fsp3) is 0.391. The van der Waals surface area contributed by atoms with Gasteiger partial charge in [0.1, 0.15) is 10.8 Å². The number of ether oxygens (including phenoxy) is 1. The standard InChI is InChI=1S/C23H25N3O6S2/c1-3-31-22(28)19-16-11-5-4-6-12-17(16)33-21(19)24-18(27)13-34(29,30)23-26-25-20(32-23)15-10-8-7-9-14(15)2/h7-10H,3-6,11-13H2,1-2H3,(H,24,27). The number of nitrogens with zero attached hydrogens (tertiary/aromatic N) is 2. The number of rotatable bonds is 7. The highest BCUT2D eigenvalue weighted by atomic mass is 32.2. The molecule has 0 saturated carbocycles. The van der Waals surface area contributed by atoms with Gasteiger partial charge in [-0.15, -0.1) is 16.4 Å². The predicted octanol–water partition coefficient (Wildman–Crippen LogP) is 3.96. The first-order valence-corrected chi connectivity index (χ1v) is 13.5. The number of aromatic nitrogens is 2. The normalized spacial score (nSPS) is 13.7. The molecule has 0 fully saturated rings. The summed E-state index contributed by atoms with van der Waals surface area (Å²) < 4.78 is 36.1. The summed E-state index contributed by atoms with van der Waals surface area (Å²) in [7, 11) is -4.19. The number of hydrogen-bond acceptors (Lipinski definition) is 9. The zero-order chi connectivity index (χ0) is 24.3. The molecule has 1 aliphatic carbocycles. The molecule has 1 amide bonds. The van der Waals surface area contributed by atoms with Crippen molar-refractivity contribution in [2.24, 2.45) is 0 Å². The molecular formula is C23H25N3O6S2. The van der Waals surface area contributed by atoms with Crippen LogP contribution in [0.3, 0.4) is 0 Å². The number of carbonyl (C=O) groups excluding carboxylic acids is 2. The maximum absolute atomic E-state index is 12.8. The number of anilines is 1. The van der Waals surface area contributed by atoms with Gasteiger partial charge in [-0.05, 0) is 56.7 Å². The van der Waals surface area contributed by atoms with Crippen LogP contribution in [-0.4, -0.2) is 42.9 Å². The molecule has 1 aromatic carbocycles. The van der Waals surface area contributed by atoms with Gasteiger partial charge in [-0.1, -0.05) is 29.7 Å². The SMILES string of the molecule is CCOC(=O)c1c(NC(=O)CS(=O)(=O)c2nnc(-c3ccccc3C)o2)sc2c1CCCCC2. The van der Waals surface area contributed by atoms with Gasteiger partial charge in [-0.3, -0.25) is 4.79 Å². The van der Waals surface area contributed by atoms with Crippen LogP contribution in [0.4, 0.5) is 5.00 Å². The first-order valence-electron chi connectivity index (χ1n) is 11.0. The van der Waals surface area contributed by atoms with E-state index in [9.17, 15) is 18.0 Å². The number of benzene rings is 1. The van der Waals surface area contributed by atoms with Crippen LogP contribution in [0.1, 0.15) is 52.5 Å². The number of fused-ring (bicyclic) bond motifs is 1. The van der Waals surface area contributed by atoms with E-state index in [4.69, 9.17) is 9.15 Å². The molecule has 9 nitrogen and oxygen atoms in total. The molecule has 11 heteroatoms. The molecule has 1 aliphatic rings. The van der Waals surface area contributed by atoms with Crippen molar-refractivity contribution in [1.29, 1.82) is 0 Å². The Labute approximate surface area is 201 Å². The molecule has 0 saturated heterocycles. The van der Waals surface area contributed by atoms with Crippen molar-refractivity contribution in [1.82, 2.24) is 10.2 Å². The highest BCUT2D eigenvalue weighted by molar-refractivity contribution is 7.91. The Morgan fingerprint density at radius 3 is 2.68 bits per heavy atom. The van der Waals surface area contributed by atoms with Crippen LogP contribution < -0.4 is 5.32 Å². The Bertz CT molecular complexity index is 1330. The molecule has 2 aromatic heterocycles. The van der Waals surface area contributed by atoms with Crippen molar-refractivity contribution >= 4 is 38.1 Å². The molecule has 4 rings (SSSR count). The van der Waals surface area contributed by atoms with E-state index in [1.54, 1.807) is 19.1 Å². The molecule has 2 heterocycles. The van der Waals surface area contributed by atoms with Crippen LogP contribution in [0, 0.1) is 6.92 Å². The summed E-state index contributed by atoms with van der Waals surface area (Å²) in [5.41, 5.74) is 2.67. The minimum absolute atomic E-state index is 0.0590. The zero-order valence-electron chi connectivity index (χ0n) is 18.9. The van der Waals surface area contributed by atoms with Gasteiger partial charge in [0.2, 0.25) is 21.6 Å².